The Morgan fingerprint density at radius 2 is 1.90 bits per heavy atom. The molecular weight excluding hydrogens is 380 g/mol. The van der Waals surface area contributed by atoms with Crippen LogP contribution < -0.4 is 5.32 Å². The second kappa shape index (κ2) is 8.60. The molecule has 4 rings (SSSR count). The van der Waals surface area contributed by atoms with Crippen LogP contribution in [0.4, 0.5) is 5.69 Å². The molecule has 152 valence electrons. The number of rotatable bonds is 8. The van der Waals surface area contributed by atoms with E-state index in [0.717, 1.165) is 69.6 Å². The van der Waals surface area contributed by atoms with Gasteiger partial charge in [0.05, 0.1) is 22.2 Å². The van der Waals surface area contributed by atoms with Crippen LogP contribution >= 0.6 is 11.6 Å². The van der Waals surface area contributed by atoms with E-state index in [4.69, 9.17) is 16.6 Å². The summed E-state index contributed by atoms with van der Waals surface area (Å²) >= 11 is 6.26. The van der Waals surface area contributed by atoms with Crippen molar-refractivity contribution in [3.05, 3.63) is 47.5 Å². The second-order valence-corrected chi connectivity index (χ2v) is 8.19. The van der Waals surface area contributed by atoms with Gasteiger partial charge in [0.15, 0.2) is 0 Å². The Bertz CT molecular complexity index is 1130. The lowest BCUT2D eigenvalue weighted by molar-refractivity contribution is 0.295. The molecule has 5 heteroatoms. The molecule has 0 saturated carbocycles. The zero-order chi connectivity index (χ0) is 20.4. The van der Waals surface area contributed by atoms with Crippen molar-refractivity contribution in [1.29, 1.82) is 0 Å². The van der Waals surface area contributed by atoms with Gasteiger partial charge in [-0.05, 0) is 63.7 Å². The molecule has 2 aromatic heterocycles. The molecule has 0 saturated heterocycles. The van der Waals surface area contributed by atoms with E-state index in [2.05, 4.69) is 54.2 Å². The minimum absolute atomic E-state index is 0.370. The number of aromatic amines is 1. The standard InChI is InChI=1S/C24H29ClN4/c1-4-29(5-2)14-8-9-16(3)26-22-18-10-6-7-11-20(18)27-23-19-15-17(25)12-13-21(19)28-24(22)23/h6-7,10-13,15-16,28H,4-5,8-9,14H2,1-3H3,(H,26,27). The molecule has 0 fully saturated rings. The van der Waals surface area contributed by atoms with Gasteiger partial charge in [0.2, 0.25) is 0 Å². The summed E-state index contributed by atoms with van der Waals surface area (Å²) in [5.74, 6) is 0. The largest absolute Gasteiger partial charge is 0.380 e. The molecule has 0 aliphatic rings. The summed E-state index contributed by atoms with van der Waals surface area (Å²) in [6.07, 6.45) is 2.31. The molecule has 29 heavy (non-hydrogen) atoms. The number of pyridine rings is 1. The highest BCUT2D eigenvalue weighted by Crippen LogP contribution is 2.36. The van der Waals surface area contributed by atoms with E-state index in [1.54, 1.807) is 0 Å². The number of hydrogen-bond donors (Lipinski definition) is 2. The van der Waals surface area contributed by atoms with E-state index in [1.807, 2.05) is 24.3 Å². The number of H-pyrrole nitrogens is 1. The van der Waals surface area contributed by atoms with E-state index in [0.29, 0.717) is 6.04 Å². The van der Waals surface area contributed by atoms with Crippen LogP contribution in [0.1, 0.15) is 33.6 Å². The van der Waals surface area contributed by atoms with Gasteiger partial charge in [0, 0.05) is 27.4 Å². The molecule has 4 aromatic rings. The van der Waals surface area contributed by atoms with E-state index in [1.165, 1.54) is 6.42 Å². The number of anilines is 1. The fourth-order valence-electron chi connectivity index (χ4n) is 4.11. The SMILES string of the molecule is CCN(CC)CCCC(C)Nc1c2ccccc2nc2c1[nH]c1ccc(Cl)cc12. The molecule has 1 unspecified atom stereocenters. The van der Waals surface area contributed by atoms with Gasteiger partial charge in [-0.1, -0.05) is 43.6 Å². The molecular formula is C24H29ClN4. The maximum atomic E-state index is 6.26. The van der Waals surface area contributed by atoms with Gasteiger partial charge in [-0.3, -0.25) is 0 Å². The summed E-state index contributed by atoms with van der Waals surface area (Å²) in [7, 11) is 0. The van der Waals surface area contributed by atoms with Crippen molar-refractivity contribution in [2.45, 2.75) is 39.7 Å². The zero-order valence-electron chi connectivity index (χ0n) is 17.4. The zero-order valence-corrected chi connectivity index (χ0v) is 18.2. The minimum Gasteiger partial charge on any atom is -0.380 e. The summed E-state index contributed by atoms with van der Waals surface area (Å²) in [5.41, 5.74) is 5.21. The number of hydrogen-bond acceptors (Lipinski definition) is 3. The molecule has 2 aromatic carbocycles. The maximum absolute atomic E-state index is 6.26. The van der Waals surface area contributed by atoms with Crippen LogP contribution in [0.5, 0.6) is 0 Å². The topological polar surface area (TPSA) is 44.0 Å². The highest BCUT2D eigenvalue weighted by atomic mass is 35.5. The normalized spacial score (nSPS) is 13.0. The van der Waals surface area contributed by atoms with Gasteiger partial charge < -0.3 is 15.2 Å². The highest BCUT2D eigenvalue weighted by Gasteiger charge is 2.16. The number of halogens is 1. The van der Waals surface area contributed by atoms with Crippen LogP contribution in [0.15, 0.2) is 42.5 Å². The molecule has 1 atom stereocenters. The first kappa shape index (κ1) is 20.0. The van der Waals surface area contributed by atoms with Crippen molar-refractivity contribution in [2.75, 3.05) is 25.0 Å². The number of nitrogens with zero attached hydrogens (tertiary/aromatic N) is 2. The minimum atomic E-state index is 0.370. The van der Waals surface area contributed by atoms with Crippen LogP contribution in [0.2, 0.25) is 5.02 Å². The van der Waals surface area contributed by atoms with Crippen LogP contribution in [0.3, 0.4) is 0 Å². The first-order valence-electron chi connectivity index (χ1n) is 10.6. The molecule has 0 aliphatic carbocycles. The summed E-state index contributed by atoms with van der Waals surface area (Å²) in [6.45, 7) is 10.1. The summed E-state index contributed by atoms with van der Waals surface area (Å²) in [5, 5.41) is 6.73. The first-order chi connectivity index (χ1) is 14.1. The van der Waals surface area contributed by atoms with Crippen molar-refractivity contribution in [1.82, 2.24) is 14.9 Å². The van der Waals surface area contributed by atoms with E-state index in [9.17, 15) is 0 Å². The van der Waals surface area contributed by atoms with Crippen molar-refractivity contribution < 1.29 is 0 Å². The first-order valence-corrected chi connectivity index (χ1v) is 11.0. The predicted octanol–water partition coefficient (Wildman–Crippen LogP) is 6.45. The fraction of sp³-hybridized carbons (Fsp3) is 0.375. The van der Waals surface area contributed by atoms with Gasteiger partial charge in [0.25, 0.3) is 0 Å². The Labute approximate surface area is 177 Å². The Kier molecular flexibility index (Phi) is 5.93. The molecule has 0 amide bonds. The van der Waals surface area contributed by atoms with Crippen molar-refractivity contribution in [3.63, 3.8) is 0 Å². The lowest BCUT2D eigenvalue weighted by Gasteiger charge is -2.21. The predicted molar refractivity (Wildman–Crippen MR) is 126 cm³/mol. The van der Waals surface area contributed by atoms with Gasteiger partial charge in [-0.25, -0.2) is 4.98 Å². The smallest absolute Gasteiger partial charge is 0.0987 e. The Morgan fingerprint density at radius 3 is 2.69 bits per heavy atom. The van der Waals surface area contributed by atoms with Crippen molar-refractivity contribution in [2.24, 2.45) is 0 Å². The maximum Gasteiger partial charge on any atom is 0.0987 e. The number of benzene rings is 2. The Morgan fingerprint density at radius 1 is 1.10 bits per heavy atom. The number of fused-ring (bicyclic) bond motifs is 4. The highest BCUT2D eigenvalue weighted by molar-refractivity contribution is 6.32. The number of nitrogens with one attached hydrogen (secondary N) is 2. The average Bonchev–Trinajstić information content (AvgIpc) is 3.09. The summed E-state index contributed by atoms with van der Waals surface area (Å²) in [6, 6.07) is 14.7. The fourth-order valence-corrected chi connectivity index (χ4v) is 4.29. The molecule has 4 nitrogen and oxygen atoms in total. The third-order valence-electron chi connectivity index (χ3n) is 5.79. The van der Waals surface area contributed by atoms with E-state index >= 15 is 0 Å². The van der Waals surface area contributed by atoms with Crippen LogP contribution in [-0.4, -0.2) is 40.5 Å². The molecule has 0 spiro atoms. The van der Waals surface area contributed by atoms with E-state index in [-0.39, 0.29) is 0 Å². The van der Waals surface area contributed by atoms with Gasteiger partial charge >= 0.3 is 0 Å². The Balaban J connectivity index is 1.70. The molecule has 2 N–H and O–H groups in total. The monoisotopic (exact) mass is 408 g/mol. The number of para-hydroxylation sites is 1. The molecule has 0 radical (unpaired) electrons. The quantitative estimate of drug-likeness (QED) is 0.352. The van der Waals surface area contributed by atoms with Gasteiger partial charge in [-0.2, -0.15) is 0 Å². The third-order valence-corrected chi connectivity index (χ3v) is 6.02. The van der Waals surface area contributed by atoms with Crippen molar-refractivity contribution >= 4 is 50.1 Å². The average molecular weight is 409 g/mol. The lowest BCUT2D eigenvalue weighted by Crippen LogP contribution is -2.25. The van der Waals surface area contributed by atoms with Crippen LogP contribution in [0.25, 0.3) is 32.8 Å². The van der Waals surface area contributed by atoms with E-state index < -0.39 is 0 Å². The Hall–Kier alpha value is -2.30. The molecule has 0 bridgehead atoms. The van der Waals surface area contributed by atoms with Gasteiger partial charge in [-0.15, -0.1) is 0 Å². The number of aromatic nitrogens is 2. The summed E-state index contributed by atoms with van der Waals surface area (Å²) in [4.78, 5) is 11.0. The second-order valence-electron chi connectivity index (χ2n) is 7.76. The van der Waals surface area contributed by atoms with Crippen LogP contribution in [0, 0.1) is 0 Å². The van der Waals surface area contributed by atoms with Crippen molar-refractivity contribution in [3.8, 4) is 0 Å². The molecule has 0 aliphatic heterocycles. The van der Waals surface area contributed by atoms with Crippen LogP contribution in [-0.2, 0) is 0 Å². The molecule has 2 heterocycles. The third kappa shape index (κ3) is 4.05. The van der Waals surface area contributed by atoms with Gasteiger partial charge in [0.1, 0.15) is 0 Å². The lowest BCUT2D eigenvalue weighted by atomic mass is 10.1. The summed E-state index contributed by atoms with van der Waals surface area (Å²) < 4.78 is 0.